The third-order valence-corrected chi connectivity index (χ3v) is 1.59. The van der Waals surface area contributed by atoms with Crippen LogP contribution in [-0.4, -0.2) is 21.6 Å². The molecule has 0 amide bonds. The molecule has 72 valence electrons. The molecule has 0 aliphatic carbocycles. The molecular weight excluding hydrogens is 168 g/mol. The van der Waals surface area contributed by atoms with Crippen molar-refractivity contribution in [2.45, 2.75) is 33.4 Å². The summed E-state index contributed by atoms with van der Waals surface area (Å²) >= 11 is 0. The van der Waals surface area contributed by atoms with E-state index in [0.29, 0.717) is 0 Å². The molecule has 0 aliphatic rings. The Morgan fingerprint density at radius 1 is 1.69 bits per heavy atom. The smallest absolute Gasteiger partial charge is 0.326 e. The van der Waals surface area contributed by atoms with E-state index in [1.54, 1.807) is 17.0 Å². The Hall–Kier alpha value is -1.32. The Balaban J connectivity index is 2.50. The highest BCUT2D eigenvalue weighted by Crippen LogP contribution is 1.97. The maximum absolute atomic E-state index is 11.2. The van der Waals surface area contributed by atoms with Gasteiger partial charge in [0.2, 0.25) is 0 Å². The van der Waals surface area contributed by atoms with Crippen LogP contribution >= 0.6 is 0 Å². The molecule has 1 heterocycles. The average molecular weight is 182 g/mol. The molecule has 0 unspecified atom stereocenters. The Kier molecular flexibility index (Phi) is 3.06. The third kappa shape index (κ3) is 2.89. The summed E-state index contributed by atoms with van der Waals surface area (Å²) in [4.78, 5) is 15.2. The maximum Gasteiger partial charge on any atom is 0.326 e. The van der Waals surface area contributed by atoms with E-state index in [2.05, 4.69) is 4.98 Å². The molecule has 1 aromatic rings. The van der Waals surface area contributed by atoms with Crippen molar-refractivity contribution in [3.63, 3.8) is 0 Å². The number of aryl methyl sites for hydroxylation is 1. The second-order valence-corrected chi connectivity index (χ2v) is 3.14. The van der Waals surface area contributed by atoms with Crippen molar-refractivity contribution < 1.29 is 9.53 Å². The third-order valence-electron chi connectivity index (χ3n) is 1.59. The standard InChI is InChI=1S/C9H14N2O2/c1-7(2)13-9(12)6-11-5-4-10-8(11)3/h4-5,7H,6H2,1-3H3. The molecule has 1 aromatic heterocycles. The Labute approximate surface area is 77.5 Å². The summed E-state index contributed by atoms with van der Waals surface area (Å²) in [6, 6.07) is 0. The zero-order chi connectivity index (χ0) is 9.84. The first kappa shape index (κ1) is 9.77. The van der Waals surface area contributed by atoms with Crippen LogP contribution in [0, 0.1) is 6.92 Å². The molecule has 0 aliphatic heterocycles. The number of nitrogens with zero attached hydrogens (tertiary/aromatic N) is 2. The van der Waals surface area contributed by atoms with Crippen LogP contribution in [0.1, 0.15) is 19.7 Å². The fourth-order valence-electron chi connectivity index (χ4n) is 1.01. The number of esters is 1. The number of carbonyl (C=O) groups is 1. The van der Waals surface area contributed by atoms with Gasteiger partial charge in [-0.1, -0.05) is 0 Å². The van der Waals surface area contributed by atoms with Crippen LogP contribution < -0.4 is 0 Å². The number of carbonyl (C=O) groups excluding carboxylic acids is 1. The van der Waals surface area contributed by atoms with Crippen LogP contribution in [0.2, 0.25) is 0 Å². The predicted octanol–water partition coefficient (Wildman–Crippen LogP) is 1.14. The van der Waals surface area contributed by atoms with Gasteiger partial charge in [-0.2, -0.15) is 0 Å². The molecule has 0 radical (unpaired) electrons. The zero-order valence-corrected chi connectivity index (χ0v) is 8.15. The SMILES string of the molecule is Cc1nccn1CC(=O)OC(C)C. The molecule has 0 aromatic carbocycles. The van der Waals surface area contributed by atoms with E-state index in [4.69, 9.17) is 4.74 Å². The maximum atomic E-state index is 11.2. The summed E-state index contributed by atoms with van der Waals surface area (Å²) in [7, 11) is 0. The Bertz CT molecular complexity index is 292. The van der Waals surface area contributed by atoms with Crippen molar-refractivity contribution in [3.8, 4) is 0 Å². The van der Waals surface area contributed by atoms with Gasteiger partial charge in [0.1, 0.15) is 12.4 Å². The highest BCUT2D eigenvalue weighted by Gasteiger charge is 2.07. The first-order valence-corrected chi connectivity index (χ1v) is 4.27. The largest absolute Gasteiger partial charge is 0.462 e. The van der Waals surface area contributed by atoms with Gasteiger partial charge < -0.3 is 9.30 Å². The first-order chi connectivity index (χ1) is 6.09. The minimum absolute atomic E-state index is 0.0590. The lowest BCUT2D eigenvalue weighted by atomic mass is 10.5. The molecule has 0 spiro atoms. The monoisotopic (exact) mass is 182 g/mol. The number of ether oxygens (including phenoxy) is 1. The van der Waals surface area contributed by atoms with Crippen molar-refractivity contribution in [1.82, 2.24) is 9.55 Å². The topological polar surface area (TPSA) is 44.1 Å². The lowest BCUT2D eigenvalue weighted by molar-refractivity contribution is -0.148. The van der Waals surface area contributed by atoms with E-state index in [-0.39, 0.29) is 18.6 Å². The van der Waals surface area contributed by atoms with Crippen molar-refractivity contribution in [1.29, 1.82) is 0 Å². The fraction of sp³-hybridized carbons (Fsp3) is 0.556. The quantitative estimate of drug-likeness (QED) is 0.658. The van der Waals surface area contributed by atoms with E-state index < -0.39 is 0 Å². The van der Waals surface area contributed by atoms with Gasteiger partial charge in [-0.05, 0) is 20.8 Å². The normalized spacial score (nSPS) is 10.5. The molecule has 1 rings (SSSR count). The fourth-order valence-corrected chi connectivity index (χ4v) is 1.01. The molecule has 0 saturated heterocycles. The number of hydrogen-bond donors (Lipinski definition) is 0. The molecular formula is C9H14N2O2. The van der Waals surface area contributed by atoms with Gasteiger partial charge in [0, 0.05) is 12.4 Å². The molecule has 4 heteroatoms. The number of aromatic nitrogens is 2. The van der Waals surface area contributed by atoms with E-state index in [1.807, 2.05) is 20.8 Å². The van der Waals surface area contributed by atoms with Gasteiger partial charge in [-0.25, -0.2) is 4.98 Å². The summed E-state index contributed by atoms with van der Waals surface area (Å²) in [5, 5.41) is 0. The van der Waals surface area contributed by atoms with Gasteiger partial charge >= 0.3 is 5.97 Å². The van der Waals surface area contributed by atoms with Crippen molar-refractivity contribution in [2.24, 2.45) is 0 Å². The zero-order valence-electron chi connectivity index (χ0n) is 8.15. The van der Waals surface area contributed by atoms with Crippen LogP contribution in [0.15, 0.2) is 12.4 Å². The van der Waals surface area contributed by atoms with Gasteiger partial charge in [-0.15, -0.1) is 0 Å². The van der Waals surface area contributed by atoms with E-state index >= 15 is 0 Å². The van der Waals surface area contributed by atoms with Gasteiger partial charge in [0.15, 0.2) is 0 Å². The second kappa shape index (κ2) is 4.07. The molecule has 0 N–H and O–H groups in total. The molecule has 4 nitrogen and oxygen atoms in total. The first-order valence-electron chi connectivity index (χ1n) is 4.27. The lowest BCUT2D eigenvalue weighted by Crippen LogP contribution is -2.17. The van der Waals surface area contributed by atoms with Crippen molar-refractivity contribution in [2.75, 3.05) is 0 Å². The molecule has 13 heavy (non-hydrogen) atoms. The number of rotatable bonds is 3. The summed E-state index contributed by atoms with van der Waals surface area (Å²) in [6.07, 6.45) is 3.37. The van der Waals surface area contributed by atoms with Gasteiger partial charge in [-0.3, -0.25) is 4.79 Å². The lowest BCUT2D eigenvalue weighted by Gasteiger charge is -2.08. The highest BCUT2D eigenvalue weighted by atomic mass is 16.5. The minimum atomic E-state index is -0.226. The van der Waals surface area contributed by atoms with Crippen LogP contribution in [0.25, 0.3) is 0 Å². The molecule has 0 saturated carbocycles. The van der Waals surface area contributed by atoms with Gasteiger partial charge in [0.05, 0.1) is 6.10 Å². The van der Waals surface area contributed by atoms with Crippen molar-refractivity contribution >= 4 is 5.97 Å². The predicted molar refractivity (Wildman–Crippen MR) is 48.2 cm³/mol. The van der Waals surface area contributed by atoms with E-state index in [1.165, 1.54) is 0 Å². The Morgan fingerprint density at radius 2 is 2.38 bits per heavy atom. The van der Waals surface area contributed by atoms with E-state index in [9.17, 15) is 4.79 Å². The highest BCUT2D eigenvalue weighted by molar-refractivity contribution is 5.69. The Morgan fingerprint density at radius 3 is 2.85 bits per heavy atom. The van der Waals surface area contributed by atoms with Crippen LogP contribution in [0.5, 0.6) is 0 Å². The van der Waals surface area contributed by atoms with Crippen LogP contribution in [-0.2, 0) is 16.1 Å². The van der Waals surface area contributed by atoms with Crippen LogP contribution in [0.4, 0.5) is 0 Å². The second-order valence-electron chi connectivity index (χ2n) is 3.14. The minimum Gasteiger partial charge on any atom is -0.462 e. The number of imidazole rings is 1. The molecule has 0 atom stereocenters. The van der Waals surface area contributed by atoms with Gasteiger partial charge in [0.25, 0.3) is 0 Å². The average Bonchev–Trinajstić information content (AvgIpc) is 2.34. The summed E-state index contributed by atoms with van der Waals surface area (Å²) < 4.78 is 6.75. The molecule has 0 fully saturated rings. The van der Waals surface area contributed by atoms with Crippen LogP contribution in [0.3, 0.4) is 0 Å². The molecule has 0 bridgehead atoms. The summed E-state index contributed by atoms with van der Waals surface area (Å²) in [5.74, 6) is 0.594. The van der Waals surface area contributed by atoms with E-state index in [0.717, 1.165) is 5.82 Å². The summed E-state index contributed by atoms with van der Waals surface area (Å²) in [6.45, 7) is 5.75. The van der Waals surface area contributed by atoms with Crippen molar-refractivity contribution in [3.05, 3.63) is 18.2 Å². The summed E-state index contributed by atoms with van der Waals surface area (Å²) in [5.41, 5.74) is 0. The number of hydrogen-bond acceptors (Lipinski definition) is 3.